The van der Waals surface area contributed by atoms with Gasteiger partial charge in [0, 0.05) is 6.07 Å². The van der Waals surface area contributed by atoms with E-state index in [0.29, 0.717) is 48.4 Å². The van der Waals surface area contributed by atoms with Crippen LogP contribution < -0.4 is 14.8 Å². The van der Waals surface area contributed by atoms with Crippen LogP contribution >= 0.6 is 0 Å². The van der Waals surface area contributed by atoms with Gasteiger partial charge in [-0.15, -0.1) is 0 Å². The number of hydrogen-bond acceptors (Lipinski definition) is 5. The highest BCUT2D eigenvalue weighted by molar-refractivity contribution is 7.93. The van der Waals surface area contributed by atoms with Crippen LogP contribution in [0.2, 0.25) is 0 Å². The van der Waals surface area contributed by atoms with Crippen molar-refractivity contribution in [1.29, 1.82) is 0 Å². The van der Waals surface area contributed by atoms with E-state index in [1.807, 2.05) is 13.0 Å². The number of benzene rings is 2. The number of rotatable bonds is 6. The minimum absolute atomic E-state index is 0.229. The molecular weight excluding hydrogens is 390 g/mol. The fourth-order valence-corrected chi connectivity index (χ4v) is 6.29. The Hall–Kier alpha value is -2.54. The lowest BCUT2D eigenvalue weighted by Crippen LogP contribution is -2.47. The molecule has 0 aliphatic heterocycles. The Labute approximate surface area is 172 Å². The quantitative estimate of drug-likeness (QED) is 0.767. The first kappa shape index (κ1) is 21.2. The number of ether oxygens (including phenoxy) is 2. The molecule has 0 bridgehead atoms. The summed E-state index contributed by atoms with van der Waals surface area (Å²) >= 11 is 0. The lowest BCUT2D eigenvalue weighted by atomic mass is 10.1. The van der Waals surface area contributed by atoms with E-state index in [1.165, 1.54) is 14.2 Å². The SMILES string of the molecule is COc1ccc(OC)c(NC(=O)C2(S(=O)(=O)c3cc(C)ccc3C)CCCC2)c1. The summed E-state index contributed by atoms with van der Waals surface area (Å²) in [5, 5.41) is 2.81. The molecule has 2 aromatic rings. The van der Waals surface area contributed by atoms with Crippen molar-refractivity contribution in [2.24, 2.45) is 0 Å². The molecular formula is C22H27NO5S. The summed E-state index contributed by atoms with van der Waals surface area (Å²) in [4.78, 5) is 13.7. The predicted octanol–water partition coefficient (Wildman–Crippen LogP) is 4.05. The molecule has 2 aromatic carbocycles. The second kappa shape index (κ2) is 8.06. The molecule has 1 saturated carbocycles. The summed E-state index contributed by atoms with van der Waals surface area (Å²) in [7, 11) is -0.872. The molecule has 1 aliphatic rings. The molecule has 0 heterocycles. The van der Waals surface area contributed by atoms with Gasteiger partial charge in [-0.1, -0.05) is 25.0 Å². The van der Waals surface area contributed by atoms with Gasteiger partial charge in [0.15, 0.2) is 14.6 Å². The van der Waals surface area contributed by atoms with Gasteiger partial charge in [0.1, 0.15) is 11.5 Å². The van der Waals surface area contributed by atoms with E-state index in [4.69, 9.17) is 9.47 Å². The topological polar surface area (TPSA) is 81.7 Å². The Morgan fingerprint density at radius 1 is 1.00 bits per heavy atom. The number of carbonyl (C=O) groups excluding carboxylic acids is 1. The second-order valence-electron chi connectivity index (χ2n) is 7.49. The molecule has 1 fully saturated rings. The lowest BCUT2D eigenvalue weighted by Gasteiger charge is -2.29. The average Bonchev–Trinajstić information content (AvgIpc) is 3.21. The minimum Gasteiger partial charge on any atom is -0.497 e. The van der Waals surface area contributed by atoms with Crippen LogP contribution in [0.3, 0.4) is 0 Å². The van der Waals surface area contributed by atoms with Crippen LogP contribution in [0.5, 0.6) is 11.5 Å². The molecule has 7 heteroatoms. The zero-order valence-corrected chi connectivity index (χ0v) is 18.1. The van der Waals surface area contributed by atoms with Crippen molar-refractivity contribution in [3.05, 3.63) is 47.5 Å². The summed E-state index contributed by atoms with van der Waals surface area (Å²) in [6, 6.07) is 10.3. The minimum atomic E-state index is -3.89. The fraction of sp³-hybridized carbons (Fsp3) is 0.409. The highest BCUT2D eigenvalue weighted by atomic mass is 32.2. The van der Waals surface area contributed by atoms with E-state index in [-0.39, 0.29) is 4.90 Å². The van der Waals surface area contributed by atoms with Crippen molar-refractivity contribution in [2.45, 2.75) is 49.2 Å². The maximum atomic E-state index is 13.7. The van der Waals surface area contributed by atoms with Crippen molar-refractivity contribution in [3.8, 4) is 11.5 Å². The van der Waals surface area contributed by atoms with Crippen LogP contribution in [-0.4, -0.2) is 33.3 Å². The Kier molecular flexibility index (Phi) is 5.89. The molecule has 0 radical (unpaired) electrons. The first-order valence-corrected chi connectivity index (χ1v) is 11.1. The lowest BCUT2D eigenvalue weighted by molar-refractivity contribution is -0.118. The third kappa shape index (κ3) is 3.71. The zero-order valence-electron chi connectivity index (χ0n) is 17.2. The standard InChI is InChI=1S/C22H27NO5S/c1-15-7-8-16(2)20(13-15)29(25,26)22(11-5-6-12-22)21(24)23-18-14-17(27-3)9-10-19(18)28-4/h7-10,13-14H,5-6,11-12H2,1-4H3,(H,23,24). The van der Waals surface area contributed by atoms with Crippen molar-refractivity contribution in [3.63, 3.8) is 0 Å². The highest BCUT2D eigenvalue weighted by Gasteiger charge is 2.53. The Morgan fingerprint density at radius 3 is 2.31 bits per heavy atom. The monoisotopic (exact) mass is 417 g/mol. The Balaban J connectivity index is 2.06. The molecule has 156 valence electrons. The van der Waals surface area contributed by atoms with Crippen LogP contribution in [0.15, 0.2) is 41.3 Å². The zero-order chi connectivity index (χ0) is 21.2. The van der Waals surface area contributed by atoms with Crippen LogP contribution in [0, 0.1) is 13.8 Å². The van der Waals surface area contributed by atoms with E-state index in [1.54, 1.807) is 37.3 Å². The largest absolute Gasteiger partial charge is 0.497 e. The third-order valence-electron chi connectivity index (χ3n) is 5.63. The number of aryl methyl sites for hydroxylation is 2. The van der Waals surface area contributed by atoms with Crippen LogP contribution in [0.1, 0.15) is 36.8 Å². The molecule has 0 unspecified atom stereocenters. The van der Waals surface area contributed by atoms with Gasteiger partial charge < -0.3 is 14.8 Å². The van der Waals surface area contributed by atoms with E-state index in [2.05, 4.69) is 5.32 Å². The fourth-order valence-electron chi connectivity index (χ4n) is 3.92. The number of hydrogen-bond donors (Lipinski definition) is 1. The highest BCUT2D eigenvalue weighted by Crippen LogP contribution is 2.43. The van der Waals surface area contributed by atoms with Gasteiger partial charge in [-0.3, -0.25) is 4.79 Å². The number of anilines is 1. The summed E-state index contributed by atoms with van der Waals surface area (Å²) in [5.41, 5.74) is 1.88. The van der Waals surface area contributed by atoms with Gasteiger partial charge in [-0.05, 0) is 56.0 Å². The maximum absolute atomic E-state index is 13.7. The average molecular weight is 418 g/mol. The maximum Gasteiger partial charge on any atom is 0.246 e. The van der Waals surface area contributed by atoms with E-state index < -0.39 is 20.5 Å². The number of methoxy groups -OCH3 is 2. The number of amides is 1. The van der Waals surface area contributed by atoms with Gasteiger partial charge in [-0.25, -0.2) is 8.42 Å². The van der Waals surface area contributed by atoms with E-state index in [9.17, 15) is 13.2 Å². The van der Waals surface area contributed by atoms with Gasteiger partial charge in [-0.2, -0.15) is 0 Å². The van der Waals surface area contributed by atoms with E-state index >= 15 is 0 Å². The normalized spacial score (nSPS) is 15.7. The summed E-state index contributed by atoms with van der Waals surface area (Å²) in [6.07, 6.45) is 1.96. The molecule has 6 nitrogen and oxygen atoms in total. The van der Waals surface area contributed by atoms with Crippen molar-refractivity contribution in [1.82, 2.24) is 0 Å². The van der Waals surface area contributed by atoms with Gasteiger partial charge in [0.05, 0.1) is 24.8 Å². The van der Waals surface area contributed by atoms with Gasteiger partial charge >= 0.3 is 0 Å². The Bertz CT molecular complexity index is 1020. The summed E-state index contributed by atoms with van der Waals surface area (Å²) < 4.78 is 36.5. The van der Waals surface area contributed by atoms with E-state index in [0.717, 1.165) is 5.56 Å². The smallest absolute Gasteiger partial charge is 0.246 e. The van der Waals surface area contributed by atoms with Crippen molar-refractivity contribution < 1.29 is 22.7 Å². The molecule has 1 aliphatic carbocycles. The molecule has 0 spiro atoms. The molecule has 1 amide bonds. The van der Waals surface area contributed by atoms with Crippen molar-refractivity contribution >= 4 is 21.4 Å². The van der Waals surface area contributed by atoms with Crippen LogP contribution in [-0.2, 0) is 14.6 Å². The van der Waals surface area contributed by atoms with Crippen LogP contribution in [0.25, 0.3) is 0 Å². The molecule has 29 heavy (non-hydrogen) atoms. The molecule has 0 aromatic heterocycles. The first-order chi connectivity index (χ1) is 13.7. The molecule has 1 N–H and O–H groups in total. The summed E-state index contributed by atoms with van der Waals surface area (Å²) in [6.45, 7) is 3.61. The van der Waals surface area contributed by atoms with Crippen molar-refractivity contribution in [2.75, 3.05) is 19.5 Å². The molecule has 3 rings (SSSR count). The predicted molar refractivity (Wildman–Crippen MR) is 112 cm³/mol. The number of nitrogens with one attached hydrogen (secondary N) is 1. The third-order valence-corrected chi connectivity index (χ3v) is 8.27. The van der Waals surface area contributed by atoms with Gasteiger partial charge in [0.25, 0.3) is 0 Å². The molecule has 0 saturated heterocycles. The Morgan fingerprint density at radius 2 is 1.69 bits per heavy atom. The number of sulfone groups is 1. The number of carbonyl (C=O) groups is 1. The molecule has 0 atom stereocenters. The second-order valence-corrected chi connectivity index (χ2v) is 9.72. The first-order valence-electron chi connectivity index (χ1n) is 9.60. The summed E-state index contributed by atoms with van der Waals surface area (Å²) in [5.74, 6) is 0.456. The van der Waals surface area contributed by atoms with Gasteiger partial charge in [0.2, 0.25) is 5.91 Å². The van der Waals surface area contributed by atoms with Crippen LogP contribution in [0.4, 0.5) is 5.69 Å².